The third kappa shape index (κ3) is 7.47. The number of aliphatic hydroxyl groups excluding tert-OH is 1. The number of carboxylic acids is 1. The molecule has 3 aromatic carbocycles. The number of nitrogens with zero attached hydrogens (tertiary/aromatic N) is 2. The van der Waals surface area contributed by atoms with Gasteiger partial charge in [0.05, 0.1) is 11.1 Å². The summed E-state index contributed by atoms with van der Waals surface area (Å²) >= 11 is 0. The normalized spacial score (nSPS) is 14.1. The summed E-state index contributed by atoms with van der Waals surface area (Å²) in [4.78, 5) is 13.1. The maximum absolute atomic E-state index is 12.4. The largest absolute Gasteiger partial charge is 0.573 e. The van der Waals surface area contributed by atoms with Gasteiger partial charge in [-0.3, -0.25) is 4.90 Å². The summed E-state index contributed by atoms with van der Waals surface area (Å²) in [6.07, 6.45) is -3.70. The highest BCUT2D eigenvalue weighted by atomic mass is 19.4. The number of aromatic carboxylic acids is 1. The van der Waals surface area contributed by atoms with Crippen molar-refractivity contribution in [2.24, 2.45) is 0 Å². The van der Waals surface area contributed by atoms with Crippen molar-refractivity contribution in [3.05, 3.63) is 83.4 Å². The number of benzene rings is 3. The van der Waals surface area contributed by atoms with Crippen LogP contribution >= 0.6 is 0 Å². The van der Waals surface area contributed by atoms with Gasteiger partial charge in [0.15, 0.2) is 0 Å². The number of carbonyl (C=O) groups is 1. The van der Waals surface area contributed by atoms with Crippen molar-refractivity contribution >= 4 is 5.97 Å². The molecule has 198 valence electrons. The number of hydrogen-bond acceptors (Lipinski definition) is 6. The van der Waals surface area contributed by atoms with Crippen molar-refractivity contribution in [2.75, 3.05) is 13.2 Å². The molecule has 38 heavy (non-hydrogen) atoms. The van der Waals surface area contributed by atoms with Gasteiger partial charge < -0.3 is 19.7 Å². The van der Waals surface area contributed by atoms with E-state index in [1.54, 1.807) is 42.5 Å². The molecule has 0 aliphatic heterocycles. The zero-order valence-corrected chi connectivity index (χ0v) is 20.2. The lowest BCUT2D eigenvalue weighted by molar-refractivity contribution is -0.274. The molecule has 0 bridgehead atoms. The number of nitriles is 1. The third-order valence-corrected chi connectivity index (χ3v) is 6.05. The van der Waals surface area contributed by atoms with E-state index in [9.17, 15) is 28.3 Å². The number of halogens is 3. The molecule has 4 rings (SSSR count). The van der Waals surface area contributed by atoms with Crippen molar-refractivity contribution in [2.45, 2.75) is 37.9 Å². The molecule has 0 heterocycles. The average Bonchev–Trinajstić information content (AvgIpc) is 3.73. The van der Waals surface area contributed by atoms with Crippen molar-refractivity contribution in [1.29, 1.82) is 5.26 Å². The van der Waals surface area contributed by atoms with Crippen LogP contribution < -0.4 is 9.47 Å². The smallest absolute Gasteiger partial charge is 0.489 e. The Bertz CT molecular complexity index is 1300. The number of alkyl halides is 3. The Kier molecular flexibility index (Phi) is 8.20. The van der Waals surface area contributed by atoms with Gasteiger partial charge in [-0.25, -0.2) is 4.79 Å². The molecule has 1 aliphatic carbocycles. The Labute approximate surface area is 217 Å². The maximum Gasteiger partial charge on any atom is 0.573 e. The van der Waals surface area contributed by atoms with Gasteiger partial charge in [0.2, 0.25) is 0 Å². The molecule has 2 N–H and O–H groups in total. The fourth-order valence-corrected chi connectivity index (χ4v) is 4.04. The first-order valence-corrected chi connectivity index (χ1v) is 11.9. The summed E-state index contributed by atoms with van der Waals surface area (Å²) in [5.74, 6) is -1.02. The van der Waals surface area contributed by atoms with Crippen LogP contribution in [0, 0.1) is 11.3 Å². The van der Waals surface area contributed by atoms with Gasteiger partial charge >= 0.3 is 12.3 Å². The Morgan fingerprint density at radius 3 is 2.29 bits per heavy atom. The molecule has 7 nitrogen and oxygen atoms in total. The molecule has 3 aromatic rings. The lowest BCUT2D eigenvalue weighted by Gasteiger charge is -2.25. The molecule has 0 aromatic heterocycles. The van der Waals surface area contributed by atoms with Crippen molar-refractivity contribution < 1.29 is 37.7 Å². The predicted molar refractivity (Wildman–Crippen MR) is 132 cm³/mol. The molecule has 0 radical (unpaired) electrons. The van der Waals surface area contributed by atoms with Crippen LogP contribution in [0.2, 0.25) is 0 Å². The minimum Gasteiger partial charge on any atom is -0.489 e. The van der Waals surface area contributed by atoms with E-state index in [-0.39, 0.29) is 30.5 Å². The second kappa shape index (κ2) is 11.5. The summed E-state index contributed by atoms with van der Waals surface area (Å²) in [5, 5.41) is 29.3. The number of ether oxygens (including phenoxy) is 2. The summed E-state index contributed by atoms with van der Waals surface area (Å²) in [7, 11) is 0. The lowest BCUT2D eigenvalue weighted by Crippen LogP contribution is -2.36. The van der Waals surface area contributed by atoms with Crippen LogP contribution in [0.1, 0.15) is 34.3 Å². The minimum atomic E-state index is -4.75. The predicted octanol–water partition coefficient (Wildman–Crippen LogP) is 5.23. The second-order valence-electron chi connectivity index (χ2n) is 9.02. The zero-order valence-electron chi connectivity index (χ0n) is 20.2. The van der Waals surface area contributed by atoms with E-state index >= 15 is 0 Å². The zero-order chi connectivity index (χ0) is 27.3. The van der Waals surface area contributed by atoms with E-state index < -0.39 is 18.4 Å². The quantitative estimate of drug-likeness (QED) is 0.353. The van der Waals surface area contributed by atoms with Gasteiger partial charge in [-0.1, -0.05) is 30.3 Å². The first-order chi connectivity index (χ1) is 18.1. The van der Waals surface area contributed by atoms with E-state index in [0.717, 1.165) is 29.5 Å². The van der Waals surface area contributed by atoms with Crippen molar-refractivity contribution in [1.82, 2.24) is 4.90 Å². The van der Waals surface area contributed by atoms with E-state index in [0.29, 0.717) is 17.9 Å². The van der Waals surface area contributed by atoms with Crippen LogP contribution in [0.15, 0.2) is 66.7 Å². The van der Waals surface area contributed by atoms with Crippen molar-refractivity contribution in [3.8, 4) is 28.7 Å². The molecule has 1 atom stereocenters. The molecule has 0 spiro atoms. The van der Waals surface area contributed by atoms with Gasteiger partial charge in [-0.2, -0.15) is 5.26 Å². The highest BCUT2D eigenvalue weighted by Crippen LogP contribution is 2.30. The lowest BCUT2D eigenvalue weighted by atomic mass is 10.0. The van der Waals surface area contributed by atoms with Gasteiger partial charge in [0.25, 0.3) is 0 Å². The Balaban J connectivity index is 1.38. The molecule has 1 fully saturated rings. The van der Waals surface area contributed by atoms with E-state index in [1.165, 1.54) is 24.3 Å². The van der Waals surface area contributed by atoms with Crippen molar-refractivity contribution in [3.63, 3.8) is 0 Å². The number of carboxylic acid groups (broad SMARTS) is 1. The number of hydrogen-bond donors (Lipinski definition) is 2. The topological polar surface area (TPSA) is 103 Å². The van der Waals surface area contributed by atoms with Crippen LogP contribution in [0.3, 0.4) is 0 Å². The van der Waals surface area contributed by atoms with Crippen LogP contribution in [0.25, 0.3) is 11.1 Å². The summed E-state index contributed by atoms with van der Waals surface area (Å²) in [6.45, 7) is 0.653. The van der Waals surface area contributed by atoms with Crippen LogP contribution in [-0.4, -0.2) is 52.7 Å². The molecular weight excluding hydrogens is 501 g/mol. The fraction of sp³-hybridized carbons (Fsp3) is 0.286. The Morgan fingerprint density at radius 1 is 1.05 bits per heavy atom. The Morgan fingerprint density at radius 2 is 1.71 bits per heavy atom. The first-order valence-electron chi connectivity index (χ1n) is 11.9. The fourth-order valence-electron chi connectivity index (χ4n) is 4.04. The van der Waals surface area contributed by atoms with Gasteiger partial charge in [-0.15, -0.1) is 13.2 Å². The standard InChI is InChI=1S/C28H25F3N2O5/c29-28(30,31)38-25-11-1-18(2-12-25)15-33(23-9-10-23)16-24(34)17-37-26-13-21(7-8-22(26)14-32)19-3-5-20(6-4-19)27(35)36/h1-8,11-13,23-24,34H,9-10,15-17H2,(H,35,36). The summed E-state index contributed by atoms with van der Waals surface area (Å²) in [5.41, 5.74) is 2.71. The molecule has 1 aliphatic rings. The first kappa shape index (κ1) is 27.0. The number of aliphatic hydroxyl groups is 1. The molecule has 0 amide bonds. The number of rotatable bonds is 11. The maximum atomic E-state index is 12.4. The second-order valence-corrected chi connectivity index (χ2v) is 9.02. The molecule has 1 unspecified atom stereocenters. The summed E-state index contributed by atoms with van der Waals surface area (Å²) in [6, 6.07) is 19.3. The van der Waals surface area contributed by atoms with E-state index in [4.69, 9.17) is 9.84 Å². The van der Waals surface area contributed by atoms with Gasteiger partial charge in [0.1, 0.15) is 30.3 Å². The van der Waals surface area contributed by atoms with Gasteiger partial charge in [-0.05, 0) is 65.9 Å². The molecule has 0 saturated heterocycles. The SMILES string of the molecule is N#Cc1ccc(-c2ccc(C(=O)O)cc2)cc1OCC(O)CN(Cc1ccc(OC(F)(F)F)cc1)C1CC1. The minimum absolute atomic E-state index is 0.0718. The summed E-state index contributed by atoms with van der Waals surface area (Å²) < 4.78 is 46.9. The Hall–Kier alpha value is -4.07. The highest BCUT2D eigenvalue weighted by Gasteiger charge is 2.32. The van der Waals surface area contributed by atoms with Crippen LogP contribution in [0.4, 0.5) is 13.2 Å². The molecule has 1 saturated carbocycles. The molecular formula is C28H25F3N2O5. The van der Waals surface area contributed by atoms with E-state index in [1.807, 2.05) is 0 Å². The average molecular weight is 527 g/mol. The van der Waals surface area contributed by atoms with Gasteiger partial charge in [0, 0.05) is 19.1 Å². The van der Waals surface area contributed by atoms with Crippen LogP contribution in [0.5, 0.6) is 11.5 Å². The monoisotopic (exact) mass is 526 g/mol. The highest BCUT2D eigenvalue weighted by molar-refractivity contribution is 5.88. The van der Waals surface area contributed by atoms with E-state index in [2.05, 4.69) is 15.7 Å². The molecule has 10 heteroatoms. The van der Waals surface area contributed by atoms with Crippen LogP contribution in [-0.2, 0) is 6.54 Å². The third-order valence-electron chi connectivity index (χ3n) is 6.05.